The topological polar surface area (TPSA) is 49.7 Å². The summed E-state index contributed by atoms with van der Waals surface area (Å²) < 4.78 is 4.94. The second kappa shape index (κ2) is 5.51. The molecule has 1 saturated heterocycles. The quantitative estimate of drug-likeness (QED) is 0.544. The molecule has 0 unspecified atom stereocenters. The van der Waals surface area contributed by atoms with Crippen LogP contribution in [0.4, 0.5) is 0 Å². The molecule has 1 rings (SSSR count). The van der Waals surface area contributed by atoms with E-state index in [2.05, 4.69) is 0 Å². The van der Waals surface area contributed by atoms with Gasteiger partial charge in [0.1, 0.15) is 0 Å². The van der Waals surface area contributed by atoms with E-state index in [4.69, 9.17) is 14.9 Å². The highest BCUT2D eigenvalue weighted by Crippen LogP contribution is 2.15. The number of aliphatic hydroxyl groups excluding tert-OH is 1. The highest BCUT2D eigenvalue weighted by atomic mass is 16.5. The molecule has 0 radical (unpaired) electrons. The minimum Gasteiger partial charge on any atom is -0.381 e. The molecule has 0 spiro atoms. The lowest BCUT2D eigenvalue weighted by Crippen LogP contribution is -2.24. The first kappa shape index (κ1) is 11.9. The summed E-state index contributed by atoms with van der Waals surface area (Å²) in [6.07, 6.45) is 1.35. The Morgan fingerprint density at radius 1 is 1.08 bits per heavy atom. The van der Waals surface area contributed by atoms with Crippen LogP contribution >= 0.6 is 0 Å². The third kappa shape index (κ3) is 6.58. The first-order chi connectivity index (χ1) is 5.44. The fourth-order valence-corrected chi connectivity index (χ4v) is 0.510. The first-order valence-electron chi connectivity index (χ1n) is 4.38. The number of rotatable bonds is 0. The van der Waals surface area contributed by atoms with E-state index in [0.29, 0.717) is 0 Å². The smallest absolute Gasteiger partial charge is 0.156 e. The molecule has 0 saturated carbocycles. The van der Waals surface area contributed by atoms with E-state index in [1.54, 1.807) is 20.8 Å². The van der Waals surface area contributed by atoms with Crippen LogP contribution in [0.2, 0.25) is 0 Å². The van der Waals surface area contributed by atoms with Crippen molar-refractivity contribution in [2.75, 3.05) is 13.2 Å². The van der Waals surface area contributed by atoms with Gasteiger partial charge in [-0.05, 0) is 12.8 Å². The van der Waals surface area contributed by atoms with Gasteiger partial charge in [-0.3, -0.25) is 0 Å². The van der Waals surface area contributed by atoms with Gasteiger partial charge in [-0.15, -0.1) is 0 Å². The van der Waals surface area contributed by atoms with Crippen LogP contribution in [-0.4, -0.2) is 29.7 Å². The first-order valence-corrected chi connectivity index (χ1v) is 4.38. The van der Waals surface area contributed by atoms with E-state index < -0.39 is 6.29 Å². The summed E-state index contributed by atoms with van der Waals surface area (Å²) in [5.41, 5.74) is -0.389. The fourth-order valence-electron chi connectivity index (χ4n) is 0.510. The van der Waals surface area contributed by atoms with Gasteiger partial charge in [-0.1, -0.05) is 20.8 Å². The molecule has 0 aliphatic carbocycles. The molecule has 1 aliphatic rings. The van der Waals surface area contributed by atoms with Crippen molar-refractivity contribution in [2.24, 2.45) is 5.41 Å². The van der Waals surface area contributed by atoms with Gasteiger partial charge in [-0.2, -0.15) is 0 Å². The number of hydrogen-bond donors (Lipinski definition) is 2. The van der Waals surface area contributed by atoms with Crippen LogP contribution in [-0.2, 0) is 4.74 Å². The zero-order valence-electron chi connectivity index (χ0n) is 8.21. The highest BCUT2D eigenvalue weighted by molar-refractivity contribution is 4.61. The standard InChI is InChI=1S/C5H12O2.C4H8O/c1-5(2,3)4(6)7;1-2-4-5-3-1/h4,6-7H,1-3H3;1-4H2. The average Bonchev–Trinajstić information content (AvgIpc) is 2.39. The molecule has 0 aromatic carbocycles. The molecule has 1 fully saturated rings. The van der Waals surface area contributed by atoms with Crippen molar-refractivity contribution in [1.82, 2.24) is 0 Å². The van der Waals surface area contributed by atoms with Crippen LogP contribution in [0.15, 0.2) is 0 Å². The predicted molar refractivity (Wildman–Crippen MR) is 47.7 cm³/mol. The van der Waals surface area contributed by atoms with Crippen molar-refractivity contribution >= 4 is 0 Å². The van der Waals surface area contributed by atoms with E-state index >= 15 is 0 Å². The van der Waals surface area contributed by atoms with Crippen LogP contribution in [0.5, 0.6) is 0 Å². The summed E-state index contributed by atoms with van der Waals surface area (Å²) in [5.74, 6) is 0. The molecular weight excluding hydrogens is 156 g/mol. The summed E-state index contributed by atoms with van der Waals surface area (Å²) in [6, 6.07) is 0. The summed E-state index contributed by atoms with van der Waals surface area (Å²) in [7, 11) is 0. The third-order valence-electron chi connectivity index (χ3n) is 1.60. The second-order valence-electron chi connectivity index (χ2n) is 4.06. The predicted octanol–water partition coefficient (Wildman–Crippen LogP) is 1.14. The molecule has 1 aliphatic heterocycles. The van der Waals surface area contributed by atoms with E-state index in [1.165, 1.54) is 12.8 Å². The minimum atomic E-state index is -1.20. The maximum atomic E-state index is 8.44. The number of aliphatic hydroxyl groups is 2. The van der Waals surface area contributed by atoms with Gasteiger partial charge in [0.15, 0.2) is 6.29 Å². The Hall–Kier alpha value is -0.120. The minimum absolute atomic E-state index is 0.389. The van der Waals surface area contributed by atoms with E-state index in [0.717, 1.165) is 13.2 Å². The zero-order chi connectivity index (χ0) is 9.61. The van der Waals surface area contributed by atoms with Crippen LogP contribution in [0.25, 0.3) is 0 Å². The van der Waals surface area contributed by atoms with Crippen molar-refractivity contribution in [3.05, 3.63) is 0 Å². The molecule has 1 heterocycles. The van der Waals surface area contributed by atoms with Gasteiger partial charge >= 0.3 is 0 Å². The van der Waals surface area contributed by atoms with Crippen molar-refractivity contribution in [2.45, 2.75) is 39.9 Å². The molecule has 74 valence electrons. The summed E-state index contributed by atoms with van der Waals surface area (Å²) in [5, 5.41) is 16.9. The molecular formula is C9H20O3. The summed E-state index contributed by atoms with van der Waals surface area (Å²) >= 11 is 0. The van der Waals surface area contributed by atoms with Crippen LogP contribution < -0.4 is 0 Å². The normalized spacial score (nSPS) is 17.5. The maximum absolute atomic E-state index is 8.44. The Bertz CT molecular complexity index is 93.2. The van der Waals surface area contributed by atoms with Crippen molar-refractivity contribution in [3.63, 3.8) is 0 Å². The van der Waals surface area contributed by atoms with Gasteiger partial charge in [0, 0.05) is 18.6 Å². The lowest BCUT2D eigenvalue weighted by atomic mass is 9.96. The van der Waals surface area contributed by atoms with Gasteiger partial charge in [0.05, 0.1) is 0 Å². The molecule has 0 amide bonds. The average molecular weight is 176 g/mol. The lowest BCUT2D eigenvalue weighted by molar-refractivity contribution is -0.113. The number of hydrogen-bond acceptors (Lipinski definition) is 3. The van der Waals surface area contributed by atoms with Crippen LogP contribution in [0.1, 0.15) is 33.6 Å². The summed E-state index contributed by atoms with van der Waals surface area (Å²) in [4.78, 5) is 0. The van der Waals surface area contributed by atoms with Gasteiger partial charge in [0.2, 0.25) is 0 Å². The van der Waals surface area contributed by atoms with Crippen molar-refractivity contribution in [3.8, 4) is 0 Å². The van der Waals surface area contributed by atoms with Crippen molar-refractivity contribution < 1.29 is 14.9 Å². The fraction of sp³-hybridized carbons (Fsp3) is 1.00. The highest BCUT2D eigenvalue weighted by Gasteiger charge is 2.18. The Labute approximate surface area is 74.4 Å². The Morgan fingerprint density at radius 3 is 1.50 bits per heavy atom. The SMILES string of the molecule is C1CCOC1.CC(C)(C)C(O)O. The lowest BCUT2D eigenvalue weighted by Gasteiger charge is -2.19. The molecule has 3 nitrogen and oxygen atoms in total. The van der Waals surface area contributed by atoms with Gasteiger partial charge < -0.3 is 14.9 Å². The Morgan fingerprint density at radius 2 is 1.42 bits per heavy atom. The van der Waals surface area contributed by atoms with Gasteiger partial charge in [-0.25, -0.2) is 0 Å². The monoisotopic (exact) mass is 176 g/mol. The summed E-state index contributed by atoms with van der Waals surface area (Å²) in [6.45, 7) is 7.28. The second-order valence-corrected chi connectivity index (χ2v) is 4.06. The Balaban J connectivity index is 0.000000211. The van der Waals surface area contributed by atoms with E-state index in [-0.39, 0.29) is 5.41 Å². The number of ether oxygens (including phenoxy) is 1. The molecule has 12 heavy (non-hydrogen) atoms. The molecule has 0 bridgehead atoms. The molecule has 0 aromatic rings. The molecule has 2 N–H and O–H groups in total. The van der Waals surface area contributed by atoms with Gasteiger partial charge in [0.25, 0.3) is 0 Å². The largest absolute Gasteiger partial charge is 0.381 e. The Kier molecular flexibility index (Phi) is 5.46. The molecule has 0 atom stereocenters. The van der Waals surface area contributed by atoms with Crippen molar-refractivity contribution in [1.29, 1.82) is 0 Å². The third-order valence-corrected chi connectivity index (χ3v) is 1.60. The van der Waals surface area contributed by atoms with Crippen LogP contribution in [0, 0.1) is 5.41 Å². The van der Waals surface area contributed by atoms with E-state index in [9.17, 15) is 0 Å². The zero-order valence-corrected chi connectivity index (χ0v) is 8.21. The van der Waals surface area contributed by atoms with E-state index in [1.807, 2.05) is 0 Å². The maximum Gasteiger partial charge on any atom is 0.156 e. The molecule has 3 heteroatoms. The van der Waals surface area contributed by atoms with Crippen LogP contribution in [0.3, 0.4) is 0 Å². The molecule has 0 aromatic heterocycles.